The summed E-state index contributed by atoms with van der Waals surface area (Å²) in [4.78, 5) is 10.5. The van der Waals surface area contributed by atoms with Gasteiger partial charge in [0.1, 0.15) is 11.8 Å². The zero-order chi connectivity index (χ0) is 8.85. The number of ether oxygens (including phenoxy) is 1. The van der Waals surface area contributed by atoms with Gasteiger partial charge in [0.2, 0.25) is 0 Å². The molecule has 0 rings (SSSR count). The van der Waals surface area contributed by atoms with E-state index in [2.05, 4.69) is 0 Å². The normalized spacial score (nSPS) is 11.4. The van der Waals surface area contributed by atoms with Crippen LogP contribution in [0.1, 0.15) is 13.8 Å². The molecule has 2 N–H and O–H groups in total. The van der Waals surface area contributed by atoms with Gasteiger partial charge in [-0.05, 0) is 13.8 Å². The highest BCUT2D eigenvalue weighted by atomic mass is 16.5. The standard InChI is InChI=1S/C7H10N2O2/c1-3-11-5(2)6(4-8)7(9)10/h3H2,1-2H3,(H2,9,10)/b6-5+. The number of hydrogen-bond acceptors (Lipinski definition) is 3. The predicted molar refractivity (Wildman–Crippen MR) is 39.1 cm³/mol. The van der Waals surface area contributed by atoms with Crippen LogP contribution in [0.4, 0.5) is 0 Å². The lowest BCUT2D eigenvalue weighted by Gasteiger charge is -2.02. The Morgan fingerprint density at radius 1 is 1.73 bits per heavy atom. The van der Waals surface area contributed by atoms with Crippen molar-refractivity contribution in [1.82, 2.24) is 0 Å². The lowest BCUT2D eigenvalue weighted by Crippen LogP contribution is -2.15. The van der Waals surface area contributed by atoms with Crippen LogP contribution in [0.3, 0.4) is 0 Å². The van der Waals surface area contributed by atoms with Crippen molar-refractivity contribution >= 4 is 5.91 Å². The molecule has 0 aliphatic heterocycles. The van der Waals surface area contributed by atoms with Gasteiger partial charge >= 0.3 is 0 Å². The molecule has 0 bridgehead atoms. The van der Waals surface area contributed by atoms with Crippen molar-refractivity contribution < 1.29 is 9.53 Å². The molecule has 0 aromatic carbocycles. The Morgan fingerprint density at radius 2 is 2.27 bits per heavy atom. The van der Waals surface area contributed by atoms with Crippen LogP contribution < -0.4 is 5.73 Å². The van der Waals surface area contributed by atoms with Gasteiger partial charge in [0.05, 0.1) is 6.61 Å². The van der Waals surface area contributed by atoms with Gasteiger partial charge in [-0.25, -0.2) is 0 Å². The van der Waals surface area contributed by atoms with Crippen LogP contribution in [0.25, 0.3) is 0 Å². The molecule has 0 fully saturated rings. The Kier molecular flexibility index (Phi) is 3.75. The van der Waals surface area contributed by atoms with Gasteiger partial charge < -0.3 is 10.5 Å². The quantitative estimate of drug-likeness (QED) is 0.361. The summed E-state index contributed by atoms with van der Waals surface area (Å²) in [5, 5.41) is 8.40. The van der Waals surface area contributed by atoms with E-state index in [0.717, 1.165) is 0 Å². The van der Waals surface area contributed by atoms with Gasteiger partial charge in [0.25, 0.3) is 5.91 Å². The topological polar surface area (TPSA) is 76.1 Å². The van der Waals surface area contributed by atoms with Crippen LogP contribution in [-0.2, 0) is 9.53 Å². The third-order valence-electron chi connectivity index (χ3n) is 1.07. The van der Waals surface area contributed by atoms with E-state index in [9.17, 15) is 4.79 Å². The van der Waals surface area contributed by atoms with E-state index in [1.165, 1.54) is 6.92 Å². The average molecular weight is 154 g/mol. The fraction of sp³-hybridized carbons (Fsp3) is 0.429. The monoisotopic (exact) mass is 154 g/mol. The number of amides is 1. The molecule has 0 aromatic rings. The number of carbonyl (C=O) groups is 1. The van der Waals surface area contributed by atoms with E-state index in [1.807, 2.05) is 0 Å². The second kappa shape index (κ2) is 4.34. The number of nitrogens with two attached hydrogens (primary N) is 1. The molecule has 0 saturated carbocycles. The molecule has 0 unspecified atom stereocenters. The first kappa shape index (κ1) is 9.50. The van der Waals surface area contributed by atoms with Crippen LogP contribution in [0.5, 0.6) is 0 Å². The lowest BCUT2D eigenvalue weighted by molar-refractivity contribution is -0.114. The van der Waals surface area contributed by atoms with Crippen LogP contribution in [0.2, 0.25) is 0 Å². The Morgan fingerprint density at radius 3 is 2.55 bits per heavy atom. The largest absolute Gasteiger partial charge is 0.497 e. The van der Waals surface area contributed by atoms with Crippen molar-refractivity contribution in [3.05, 3.63) is 11.3 Å². The van der Waals surface area contributed by atoms with Gasteiger partial charge in [-0.15, -0.1) is 0 Å². The minimum atomic E-state index is -0.751. The van der Waals surface area contributed by atoms with Crippen LogP contribution in [-0.4, -0.2) is 12.5 Å². The SMILES string of the molecule is CCO/C(C)=C(\C#N)C(N)=O. The zero-order valence-electron chi connectivity index (χ0n) is 6.55. The number of nitriles is 1. The van der Waals surface area contributed by atoms with Crippen LogP contribution >= 0.6 is 0 Å². The average Bonchev–Trinajstić information content (AvgIpc) is 1.88. The van der Waals surface area contributed by atoms with Crippen LogP contribution in [0, 0.1) is 11.3 Å². The highest BCUT2D eigenvalue weighted by Crippen LogP contribution is 2.03. The first-order valence-electron chi connectivity index (χ1n) is 3.17. The Hall–Kier alpha value is -1.50. The highest BCUT2D eigenvalue weighted by Gasteiger charge is 2.08. The maximum atomic E-state index is 10.5. The van der Waals surface area contributed by atoms with E-state index in [1.54, 1.807) is 13.0 Å². The van der Waals surface area contributed by atoms with Gasteiger partial charge in [-0.2, -0.15) is 5.26 Å². The number of primary amides is 1. The van der Waals surface area contributed by atoms with Gasteiger partial charge in [0, 0.05) is 0 Å². The van der Waals surface area contributed by atoms with E-state index in [0.29, 0.717) is 6.61 Å². The van der Waals surface area contributed by atoms with Gasteiger partial charge in [0.15, 0.2) is 5.57 Å². The molecule has 4 heteroatoms. The molecule has 0 aliphatic carbocycles. The molecular formula is C7H10N2O2. The summed E-state index contributed by atoms with van der Waals surface area (Å²) in [5.41, 5.74) is 4.76. The molecule has 0 aromatic heterocycles. The number of allylic oxidation sites excluding steroid dienone is 1. The Bertz CT molecular complexity index is 225. The Labute approximate surface area is 65.2 Å². The summed E-state index contributed by atoms with van der Waals surface area (Å²) in [6.45, 7) is 3.72. The van der Waals surface area contributed by atoms with Crippen molar-refractivity contribution in [2.75, 3.05) is 6.61 Å². The minimum Gasteiger partial charge on any atom is -0.497 e. The number of hydrogen-bond donors (Lipinski definition) is 1. The van der Waals surface area contributed by atoms with E-state index in [-0.39, 0.29) is 11.3 Å². The first-order chi connectivity index (χ1) is 5.13. The summed E-state index contributed by atoms with van der Waals surface area (Å²) in [6.07, 6.45) is 0. The molecular weight excluding hydrogens is 144 g/mol. The second-order valence-corrected chi connectivity index (χ2v) is 1.84. The number of nitrogens with zero attached hydrogens (tertiary/aromatic N) is 1. The lowest BCUT2D eigenvalue weighted by atomic mass is 10.2. The fourth-order valence-electron chi connectivity index (χ4n) is 0.596. The first-order valence-corrected chi connectivity index (χ1v) is 3.17. The molecule has 11 heavy (non-hydrogen) atoms. The molecule has 0 saturated heterocycles. The number of rotatable bonds is 3. The molecule has 60 valence electrons. The summed E-state index contributed by atoms with van der Waals surface area (Å²) in [7, 11) is 0. The van der Waals surface area contributed by atoms with Crippen LogP contribution in [0.15, 0.2) is 11.3 Å². The predicted octanol–water partition coefficient (Wildman–Crippen LogP) is 0.306. The molecule has 0 heterocycles. The molecule has 0 atom stereocenters. The minimum absolute atomic E-state index is 0.119. The van der Waals surface area contributed by atoms with E-state index in [4.69, 9.17) is 15.7 Å². The summed E-state index contributed by atoms with van der Waals surface area (Å²) in [5.74, 6) is -0.471. The number of carbonyl (C=O) groups excluding carboxylic acids is 1. The van der Waals surface area contributed by atoms with E-state index < -0.39 is 5.91 Å². The maximum Gasteiger partial charge on any atom is 0.262 e. The van der Waals surface area contributed by atoms with Crippen molar-refractivity contribution in [2.24, 2.45) is 5.73 Å². The van der Waals surface area contributed by atoms with E-state index >= 15 is 0 Å². The summed E-state index contributed by atoms with van der Waals surface area (Å²) in [6, 6.07) is 1.67. The fourth-order valence-corrected chi connectivity index (χ4v) is 0.596. The maximum absolute atomic E-state index is 10.5. The molecule has 0 spiro atoms. The third kappa shape index (κ3) is 2.72. The third-order valence-corrected chi connectivity index (χ3v) is 1.07. The Balaban J connectivity index is 4.58. The zero-order valence-corrected chi connectivity index (χ0v) is 6.55. The van der Waals surface area contributed by atoms with Gasteiger partial charge in [-0.3, -0.25) is 4.79 Å². The smallest absolute Gasteiger partial charge is 0.262 e. The molecule has 1 amide bonds. The molecule has 4 nitrogen and oxygen atoms in total. The second-order valence-electron chi connectivity index (χ2n) is 1.84. The van der Waals surface area contributed by atoms with Crippen molar-refractivity contribution in [3.63, 3.8) is 0 Å². The van der Waals surface area contributed by atoms with Crippen molar-refractivity contribution in [3.8, 4) is 6.07 Å². The molecule has 0 radical (unpaired) electrons. The highest BCUT2D eigenvalue weighted by molar-refractivity contribution is 5.96. The van der Waals surface area contributed by atoms with Crippen molar-refractivity contribution in [1.29, 1.82) is 5.26 Å². The van der Waals surface area contributed by atoms with Gasteiger partial charge in [-0.1, -0.05) is 0 Å². The molecule has 0 aliphatic rings. The van der Waals surface area contributed by atoms with Crippen molar-refractivity contribution in [2.45, 2.75) is 13.8 Å². The summed E-state index contributed by atoms with van der Waals surface area (Å²) < 4.78 is 4.91. The summed E-state index contributed by atoms with van der Waals surface area (Å²) >= 11 is 0.